The predicted octanol–water partition coefficient (Wildman–Crippen LogP) is 1.44. The van der Waals surface area contributed by atoms with E-state index in [0.29, 0.717) is 6.42 Å². The van der Waals surface area contributed by atoms with Crippen LogP contribution >= 0.6 is 0 Å². The Bertz CT molecular complexity index is 468. The molecule has 2 rings (SSSR count). The Labute approximate surface area is 110 Å². The number of ether oxygens (including phenoxy) is 1. The van der Waals surface area contributed by atoms with Gasteiger partial charge in [0, 0.05) is 12.3 Å². The smallest absolute Gasteiger partial charge is 0.328 e. The van der Waals surface area contributed by atoms with Crippen LogP contribution in [0.2, 0.25) is 0 Å². The van der Waals surface area contributed by atoms with Crippen molar-refractivity contribution in [3.63, 3.8) is 0 Å². The van der Waals surface area contributed by atoms with Crippen molar-refractivity contribution in [1.29, 1.82) is 0 Å². The zero-order chi connectivity index (χ0) is 13.8. The Morgan fingerprint density at radius 1 is 1.37 bits per heavy atom. The first-order valence-corrected chi connectivity index (χ1v) is 6.23. The van der Waals surface area contributed by atoms with E-state index in [1.165, 1.54) is 19.2 Å². The van der Waals surface area contributed by atoms with E-state index < -0.39 is 12.0 Å². The molecule has 0 heterocycles. The maximum Gasteiger partial charge on any atom is 0.328 e. The molecule has 1 aromatic rings. The van der Waals surface area contributed by atoms with Gasteiger partial charge in [-0.1, -0.05) is 12.1 Å². The summed E-state index contributed by atoms with van der Waals surface area (Å²) in [5.41, 5.74) is 0.771. The molecule has 0 bridgehead atoms. The van der Waals surface area contributed by atoms with Crippen molar-refractivity contribution in [2.24, 2.45) is 5.92 Å². The first kappa shape index (κ1) is 13.5. The second kappa shape index (κ2) is 5.82. The van der Waals surface area contributed by atoms with E-state index >= 15 is 0 Å². The number of benzene rings is 1. The highest BCUT2D eigenvalue weighted by molar-refractivity contribution is 5.87. The summed E-state index contributed by atoms with van der Waals surface area (Å²) in [6.07, 6.45) is 2.04. The van der Waals surface area contributed by atoms with E-state index in [9.17, 15) is 14.0 Å². The highest BCUT2D eigenvalue weighted by Crippen LogP contribution is 2.29. The van der Waals surface area contributed by atoms with Crippen molar-refractivity contribution in [3.05, 3.63) is 35.6 Å². The zero-order valence-corrected chi connectivity index (χ0v) is 10.7. The van der Waals surface area contributed by atoms with Gasteiger partial charge in [0.05, 0.1) is 7.11 Å². The molecule has 1 amide bonds. The summed E-state index contributed by atoms with van der Waals surface area (Å²) in [7, 11) is 1.28. The molecule has 1 aliphatic rings. The Kier molecular flexibility index (Phi) is 4.14. The molecule has 102 valence electrons. The fraction of sp³-hybridized carbons (Fsp3) is 0.429. The third-order valence-corrected chi connectivity index (χ3v) is 3.10. The third-order valence-electron chi connectivity index (χ3n) is 3.10. The Morgan fingerprint density at radius 2 is 2.00 bits per heavy atom. The minimum absolute atomic E-state index is 0.0281. The molecule has 0 spiro atoms. The predicted molar refractivity (Wildman–Crippen MR) is 66.8 cm³/mol. The maximum absolute atomic E-state index is 12.8. The van der Waals surface area contributed by atoms with Crippen LogP contribution in [-0.2, 0) is 20.7 Å². The summed E-state index contributed by atoms with van der Waals surface area (Å²) < 4.78 is 17.5. The molecule has 1 atom stereocenters. The second-order valence-corrected chi connectivity index (χ2v) is 4.69. The van der Waals surface area contributed by atoms with Crippen molar-refractivity contribution in [1.82, 2.24) is 5.32 Å². The molecule has 1 aromatic carbocycles. The van der Waals surface area contributed by atoms with Gasteiger partial charge in [-0.2, -0.15) is 0 Å². The van der Waals surface area contributed by atoms with E-state index in [-0.39, 0.29) is 17.6 Å². The number of esters is 1. The van der Waals surface area contributed by atoms with Gasteiger partial charge in [0.25, 0.3) is 0 Å². The van der Waals surface area contributed by atoms with Gasteiger partial charge >= 0.3 is 5.97 Å². The number of hydrogen-bond acceptors (Lipinski definition) is 3. The third kappa shape index (κ3) is 3.77. The van der Waals surface area contributed by atoms with Crippen LogP contribution in [0.1, 0.15) is 18.4 Å². The van der Waals surface area contributed by atoms with Gasteiger partial charge in [0.15, 0.2) is 0 Å². The van der Waals surface area contributed by atoms with Crippen molar-refractivity contribution in [2.45, 2.75) is 25.3 Å². The molecule has 0 saturated heterocycles. The normalized spacial score (nSPS) is 15.7. The fourth-order valence-electron chi connectivity index (χ4n) is 1.83. The molecule has 0 aromatic heterocycles. The monoisotopic (exact) mass is 265 g/mol. The van der Waals surface area contributed by atoms with Gasteiger partial charge in [0.2, 0.25) is 5.91 Å². The number of methoxy groups -OCH3 is 1. The maximum atomic E-state index is 12.8. The molecule has 19 heavy (non-hydrogen) atoms. The zero-order valence-electron chi connectivity index (χ0n) is 10.7. The molecular formula is C14H16FNO3. The van der Waals surface area contributed by atoms with Crippen LogP contribution in [0.5, 0.6) is 0 Å². The summed E-state index contributed by atoms with van der Waals surface area (Å²) in [4.78, 5) is 23.4. The van der Waals surface area contributed by atoms with Crippen LogP contribution in [-0.4, -0.2) is 25.0 Å². The van der Waals surface area contributed by atoms with Gasteiger partial charge in [-0.05, 0) is 30.5 Å². The second-order valence-electron chi connectivity index (χ2n) is 4.69. The molecule has 5 heteroatoms. The average Bonchev–Trinajstić information content (AvgIpc) is 3.24. The van der Waals surface area contributed by atoms with Crippen LogP contribution in [0.3, 0.4) is 0 Å². The number of nitrogens with one attached hydrogen (secondary N) is 1. The molecule has 1 fully saturated rings. The van der Waals surface area contributed by atoms with Crippen LogP contribution in [0.15, 0.2) is 24.3 Å². The highest BCUT2D eigenvalue weighted by atomic mass is 19.1. The number of hydrogen-bond donors (Lipinski definition) is 1. The molecule has 0 radical (unpaired) electrons. The van der Waals surface area contributed by atoms with Gasteiger partial charge < -0.3 is 10.1 Å². The van der Waals surface area contributed by atoms with E-state index in [0.717, 1.165) is 18.4 Å². The standard InChI is InChI=1S/C14H16FNO3/c1-19-14(18)12(16-13(17)10-4-5-10)8-9-2-6-11(15)7-3-9/h2-3,6-7,10,12H,4-5,8H2,1H3,(H,16,17)/t12-/m1/s1. The van der Waals surface area contributed by atoms with Gasteiger partial charge in [-0.25, -0.2) is 9.18 Å². The average molecular weight is 265 g/mol. The number of carbonyl (C=O) groups excluding carboxylic acids is 2. The minimum atomic E-state index is -0.719. The minimum Gasteiger partial charge on any atom is -0.467 e. The molecule has 1 saturated carbocycles. The van der Waals surface area contributed by atoms with Gasteiger partial charge in [0.1, 0.15) is 11.9 Å². The van der Waals surface area contributed by atoms with E-state index in [2.05, 4.69) is 10.1 Å². The molecule has 4 nitrogen and oxygen atoms in total. The van der Waals surface area contributed by atoms with Crippen LogP contribution in [0.4, 0.5) is 4.39 Å². The van der Waals surface area contributed by atoms with Gasteiger partial charge in [-0.15, -0.1) is 0 Å². The number of rotatable bonds is 5. The first-order valence-electron chi connectivity index (χ1n) is 6.23. The quantitative estimate of drug-likeness (QED) is 0.819. The lowest BCUT2D eigenvalue weighted by Gasteiger charge is -2.16. The SMILES string of the molecule is COC(=O)[C@@H](Cc1ccc(F)cc1)NC(=O)C1CC1. The summed E-state index contributed by atoms with van der Waals surface area (Å²) >= 11 is 0. The summed E-state index contributed by atoms with van der Waals surface area (Å²) in [6.45, 7) is 0. The fourth-order valence-corrected chi connectivity index (χ4v) is 1.83. The lowest BCUT2D eigenvalue weighted by Crippen LogP contribution is -2.43. The van der Waals surface area contributed by atoms with Crippen molar-refractivity contribution >= 4 is 11.9 Å². The Balaban J connectivity index is 2.02. The van der Waals surface area contributed by atoms with Crippen molar-refractivity contribution in [2.75, 3.05) is 7.11 Å². The topological polar surface area (TPSA) is 55.4 Å². The lowest BCUT2D eigenvalue weighted by atomic mass is 10.1. The van der Waals surface area contributed by atoms with Gasteiger partial charge in [-0.3, -0.25) is 4.79 Å². The molecule has 1 aliphatic carbocycles. The molecule has 1 N–H and O–H groups in total. The van der Waals surface area contributed by atoms with Crippen LogP contribution < -0.4 is 5.32 Å². The number of carbonyl (C=O) groups is 2. The summed E-state index contributed by atoms with van der Waals surface area (Å²) in [5.74, 6) is -0.906. The van der Waals surface area contributed by atoms with E-state index in [1.54, 1.807) is 12.1 Å². The Morgan fingerprint density at radius 3 is 2.53 bits per heavy atom. The van der Waals surface area contributed by atoms with Crippen LogP contribution in [0, 0.1) is 11.7 Å². The Hall–Kier alpha value is -1.91. The first-order chi connectivity index (χ1) is 9.10. The number of amides is 1. The van der Waals surface area contributed by atoms with Crippen molar-refractivity contribution in [3.8, 4) is 0 Å². The highest BCUT2D eigenvalue weighted by Gasteiger charge is 2.32. The molecule has 0 unspecified atom stereocenters. The lowest BCUT2D eigenvalue weighted by molar-refractivity contribution is -0.145. The van der Waals surface area contributed by atoms with E-state index in [1.807, 2.05) is 0 Å². The molecule has 0 aliphatic heterocycles. The molecular weight excluding hydrogens is 249 g/mol. The largest absolute Gasteiger partial charge is 0.467 e. The number of halogens is 1. The summed E-state index contributed by atoms with van der Waals surface area (Å²) in [5, 5.41) is 2.69. The van der Waals surface area contributed by atoms with Crippen molar-refractivity contribution < 1.29 is 18.7 Å². The van der Waals surface area contributed by atoms with E-state index in [4.69, 9.17) is 0 Å². The summed E-state index contributed by atoms with van der Waals surface area (Å²) in [6, 6.07) is 5.12. The van der Waals surface area contributed by atoms with Crippen LogP contribution in [0.25, 0.3) is 0 Å².